The van der Waals surface area contributed by atoms with Crippen molar-refractivity contribution in [3.63, 3.8) is 0 Å². The first-order valence-electron chi connectivity index (χ1n) is 10.8. The Morgan fingerprint density at radius 1 is 0.774 bits per heavy atom. The van der Waals surface area contributed by atoms with E-state index in [-0.39, 0.29) is 6.10 Å². The Kier molecular flexibility index (Phi) is 12.7. The third-order valence-corrected chi connectivity index (χ3v) is 5.93. The van der Waals surface area contributed by atoms with Crippen molar-refractivity contribution >= 4 is 22.2 Å². The van der Waals surface area contributed by atoms with E-state index in [2.05, 4.69) is 54.0 Å². The molecule has 2 unspecified atom stereocenters. The molecule has 0 aliphatic rings. The summed E-state index contributed by atoms with van der Waals surface area (Å²) >= 11 is 3.62. The molecule has 1 N–H and O–H groups in total. The Labute approximate surface area is 196 Å². The molecule has 0 aliphatic carbocycles. The van der Waals surface area contributed by atoms with Gasteiger partial charge in [0, 0.05) is 10.4 Å². The molecule has 0 amide bonds. The quantitative estimate of drug-likeness (QED) is 0.294. The zero-order valence-electron chi connectivity index (χ0n) is 19.3. The lowest BCUT2D eigenvalue weighted by molar-refractivity contribution is 0.112. The average Bonchev–Trinajstić information content (AvgIpc) is 2.78. The molecule has 3 aromatic rings. The maximum atomic E-state index is 10.2. The molecule has 3 aromatic carbocycles. The molecule has 2 nitrogen and oxygen atoms in total. The number of hydrogen-bond acceptors (Lipinski definition) is 2. The summed E-state index contributed by atoms with van der Waals surface area (Å²) in [6.45, 7) is 10.3. The van der Waals surface area contributed by atoms with Crippen LogP contribution in [0.2, 0.25) is 0 Å². The van der Waals surface area contributed by atoms with Gasteiger partial charge >= 0.3 is 0 Å². The average molecular weight is 483 g/mol. The number of alkyl halides is 1. The molecule has 0 heterocycles. The highest BCUT2D eigenvalue weighted by Crippen LogP contribution is 2.26. The predicted molar refractivity (Wildman–Crippen MR) is 136 cm³/mol. The van der Waals surface area contributed by atoms with Crippen molar-refractivity contribution in [2.75, 3.05) is 0 Å². The molecule has 3 heteroatoms. The first-order chi connectivity index (χ1) is 14.8. The van der Waals surface area contributed by atoms with E-state index in [1.165, 1.54) is 16.7 Å². The van der Waals surface area contributed by atoms with Gasteiger partial charge in [-0.3, -0.25) is 4.79 Å². The predicted octanol–water partition coefficient (Wildman–Crippen LogP) is 8.09. The van der Waals surface area contributed by atoms with Crippen LogP contribution in [0.5, 0.6) is 0 Å². The minimum absolute atomic E-state index is 0.296. The van der Waals surface area contributed by atoms with Crippen molar-refractivity contribution < 1.29 is 9.90 Å². The Balaban J connectivity index is 0.000000234. The number of halogens is 1. The number of aldehydes is 1. The van der Waals surface area contributed by atoms with Gasteiger partial charge in [0.25, 0.3) is 0 Å². The van der Waals surface area contributed by atoms with E-state index in [4.69, 9.17) is 0 Å². The molecule has 0 aromatic heterocycles. The van der Waals surface area contributed by atoms with Crippen LogP contribution in [0, 0.1) is 20.8 Å². The summed E-state index contributed by atoms with van der Waals surface area (Å²) in [5, 5.41) is 9.45. The molecule has 0 aliphatic heterocycles. The van der Waals surface area contributed by atoms with Gasteiger partial charge in [-0.25, -0.2) is 0 Å². The van der Waals surface area contributed by atoms with Crippen molar-refractivity contribution in [2.45, 2.75) is 58.4 Å². The molecule has 0 saturated carbocycles. The van der Waals surface area contributed by atoms with E-state index in [0.717, 1.165) is 35.8 Å². The second kappa shape index (κ2) is 14.7. The van der Waals surface area contributed by atoms with Crippen molar-refractivity contribution in [2.24, 2.45) is 0 Å². The van der Waals surface area contributed by atoms with Crippen molar-refractivity contribution in [1.29, 1.82) is 0 Å². The normalized spacial score (nSPS) is 11.8. The molecule has 0 spiro atoms. The van der Waals surface area contributed by atoms with Crippen LogP contribution in [-0.4, -0.2) is 11.4 Å². The molecule has 0 saturated heterocycles. The Hall–Kier alpha value is -2.23. The van der Waals surface area contributed by atoms with Crippen LogP contribution in [0.4, 0.5) is 0 Å². The number of aliphatic hydroxyl groups is 1. The highest BCUT2D eigenvalue weighted by Gasteiger charge is 2.03. The molecule has 2 atom stereocenters. The highest BCUT2D eigenvalue weighted by atomic mass is 79.9. The van der Waals surface area contributed by atoms with E-state index in [1.54, 1.807) is 6.07 Å². The summed E-state index contributed by atoms with van der Waals surface area (Å²) in [5.74, 6) is 0. The molecule has 31 heavy (non-hydrogen) atoms. The summed E-state index contributed by atoms with van der Waals surface area (Å²) in [6, 6.07) is 24.1. The van der Waals surface area contributed by atoms with Crippen LogP contribution < -0.4 is 0 Å². The van der Waals surface area contributed by atoms with Crippen LogP contribution in [0.1, 0.15) is 75.8 Å². The van der Waals surface area contributed by atoms with Gasteiger partial charge in [-0.15, -0.1) is 0 Å². The highest BCUT2D eigenvalue weighted by molar-refractivity contribution is 9.09. The monoisotopic (exact) mass is 482 g/mol. The third kappa shape index (κ3) is 10.6. The summed E-state index contributed by atoms with van der Waals surface area (Å²) in [7, 11) is 0. The fourth-order valence-electron chi connectivity index (χ4n) is 2.96. The number of rotatable bonds is 5. The maximum Gasteiger partial charge on any atom is 0.150 e. The fourth-order valence-corrected chi connectivity index (χ4v) is 3.24. The number of aryl methyl sites for hydroxylation is 3. The van der Waals surface area contributed by atoms with Gasteiger partial charge in [-0.05, 0) is 50.8 Å². The van der Waals surface area contributed by atoms with Gasteiger partial charge in [0.05, 0.1) is 6.10 Å². The number of carbonyl (C=O) groups excluding carboxylic acids is 1. The Bertz CT molecular complexity index is 869. The molecular formula is C28H35BrO2. The second-order valence-electron chi connectivity index (χ2n) is 7.66. The molecule has 0 fully saturated rings. The van der Waals surface area contributed by atoms with Crippen molar-refractivity contribution in [3.8, 4) is 0 Å². The van der Waals surface area contributed by atoms with Crippen LogP contribution >= 0.6 is 15.9 Å². The molecule has 0 bridgehead atoms. The van der Waals surface area contributed by atoms with Gasteiger partial charge in [0.15, 0.2) is 0 Å². The summed E-state index contributed by atoms with van der Waals surface area (Å²) < 4.78 is 0. The summed E-state index contributed by atoms with van der Waals surface area (Å²) in [5.41, 5.74) is 6.81. The fraction of sp³-hybridized carbons (Fsp3) is 0.321. The lowest BCUT2D eigenvalue weighted by atomic mass is 10.1. The molecular weight excluding hydrogens is 448 g/mol. The van der Waals surface area contributed by atoms with Crippen LogP contribution in [0.3, 0.4) is 0 Å². The van der Waals surface area contributed by atoms with Crippen LogP contribution in [0.25, 0.3) is 0 Å². The van der Waals surface area contributed by atoms with Gasteiger partial charge in [0.1, 0.15) is 6.29 Å². The Morgan fingerprint density at radius 3 is 1.68 bits per heavy atom. The largest absolute Gasteiger partial charge is 0.388 e. The molecule has 3 rings (SSSR count). The van der Waals surface area contributed by atoms with Gasteiger partial charge in [0.2, 0.25) is 0 Å². The zero-order chi connectivity index (χ0) is 23.2. The smallest absolute Gasteiger partial charge is 0.150 e. The lowest BCUT2D eigenvalue weighted by Gasteiger charge is -2.07. The number of hydrogen-bond donors (Lipinski definition) is 1. The van der Waals surface area contributed by atoms with E-state index in [0.29, 0.717) is 4.83 Å². The van der Waals surface area contributed by atoms with E-state index >= 15 is 0 Å². The number of benzene rings is 3. The molecule has 166 valence electrons. The van der Waals surface area contributed by atoms with Crippen molar-refractivity contribution in [3.05, 3.63) is 106 Å². The topological polar surface area (TPSA) is 37.3 Å². The second-order valence-corrected chi connectivity index (χ2v) is 8.77. The van der Waals surface area contributed by atoms with E-state index in [1.807, 2.05) is 63.2 Å². The number of carbonyl (C=O) groups is 1. The standard InChI is InChI=1S/C10H13Br.C10H14O.C8H8O/c2*1-3-10(11)9-6-4-5-8(2)7-9;1-7-3-2-4-8(5-7)6-9/h4-7,10H,3H2,1-2H3;4-7,10-11H,3H2,1-2H3;2-6H,1H3. The van der Waals surface area contributed by atoms with Gasteiger partial charge in [-0.2, -0.15) is 0 Å². The van der Waals surface area contributed by atoms with Crippen molar-refractivity contribution in [1.82, 2.24) is 0 Å². The first kappa shape index (κ1) is 26.8. The summed E-state index contributed by atoms with van der Waals surface area (Å²) in [6.07, 6.45) is 2.48. The summed E-state index contributed by atoms with van der Waals surface area (Å²) in [4.78, 5) is 10.7. The zero-order valence-corrected chi connectivity index (χ0v) is 20.9. The SMILES string of the molecule is CCC(Br)c1cccc(C)c1.CCC(O)c1cccc(C)c1.Cc1cccc(C=O)c1. The number of aliphatic hydroxyl groups excluding tert-OH is 1. The van der Waals surface area contributed by atoms with Gasteiger partial charge < -0.3 is 5.11 Å². The van der Waals surface area contributed by atoms with Gasteiger partial charge in [-0.1, -0.05) is 113 Å². The molecule has 0 radical (unpaired) electrons. The minimum atomic E-state index is -0.296. The van der Waals surface area contributed by atoms with Crippen LogP contribution in [-0.2, 0) is 0 Å². The minimum Gasteiger partial charge on any atom is -0.388 e. The van der Waals surface area contributed by atoms with E-state index < -0.39 is 0 Å². The first-order valence-corrected chi connectivity index (χ1v) is 11.7. The Morgan fingerprint density at radius 2 is 1.26 bits per heavy atom. The third-order valence-electron chi connectivity index (χ3n) is 4.75. The maximum absolute atomic E-state index is 10.2. The lowest BCUT2D eigenvalue weighted by Crippen LogP contribution is -1.94. The van der Waals surface area contributed by atoms with E-state index in [9.17, 15) is 9.90 Å². The van der Waals surface area contributed by atoms with Crippen LogP contribution in [0.15, 0.2) is 72.8 Å².